The molecule has 128 valence electrons. The first-order chi connectivity index (χ1) is 11.5. The zero-order valence-corrected chi connectivity index (χ0v) is 15.2. The molecular weight excluding hydrogens is 346 g/mol. The lowest BCUT2D eigenvalue weighted by Gasteiger charge is -2.20. The third kappa shape index (κ3) is 5.76. The molecule has 0 saturated heterocycles. The van der Waals surface area contributed by atoms with Crippen LogP contribution in [0.25, 0.3) is 0 Å². The minimum absolute atomic E-state index is 0.124. The van der Waals surface area contributed by atoms with Gasteiger partial charge in [-0.15, -0.1) is 0 Å². The lowest BCUT2D eigenvalue weighted by Crippen LogP contribution is -2.32. The standard InChI is InChI=1S/C18H20F2N2S2/c1-3-16(13-6-4-12(2)5-7-13)22-18(23)21-14-8-10-15(11-9-14)24-17(19)20/h4-11,16-17H,3H2,1-2H3,(H2,21,22,23)/t16-/m0/s1. The Labute approximate surface area is 151 Å². The van der Waals surface area contributed by atoms with Gasteiger partial charge in [-0.2, -0.15) is 8.78 Å². The Morgan fingerprint density at radius 1 is 1.08 bits per heavy atom. The molecule has 2 nitrogen and oxygen atoms in total. The molecule has 0 aliphatic heterocycles. The van der Waals surface area contributed by atoms with Crippen LogP contribution in [0.5, 0.6) is 0 Å². The van der Waals surface area contributed by atoms with E-state index in [1.807, 2.05) is 0 Å². The summed E-state index contributed by atoms with van der Waals surface area (Å²) in [5, 5.41) is 6.90. The van der Waals surface area contributed by atoms with E-state index in [4.69, 9.17) is 12.2 Å². The molecule has 0 amide bonds. The van der Waals surface area contributed by atoms with Gasteiger partial charge in [0.05, 0.1) is 6.04 Å². The quantitative estimate of drug-likeness (QED) is 0.502. The summed E-state index contributed by atoms with van der Waals surface area (Å²) in [6.07, 6.45) is 0.898. The average molecular weight is 367 g/mol. The van der Waals surface area contributed by atoms with Crippen LogP contribution in [0.1, 0.15) is 30.5 Å². The van der Waals surface area contributed by atoms with Crippen molar-refractivity contribution < 1.29 is 8.78 Å². The highest BCUT2D eigenvalue weighted by molar-refractivity contribution is 7.99. The fourth-order valence-corrected chi connectivity index (χ4v) is 3.02. The monoisotopic (exact) mass is 366 g/mol. The predicted octanol–water partition coefficient (Wildman–Crippen LogP) is 5.75. The van der Waals surface area contributed by atoms with Crippen molar-refractivity contribution in [1.82, 2.24) is 5.32 Å². The van der Waals surface area contributed by atoms with Gasteiger partial charge in [-0.3, -0.25) is 0 Å². The molecule has 2 N–H and O–H groups in total. The van der Waals surface area contributed by atoms with Crippen LogP contribution in [0.2, 0.25) is 0 Å². The summed E-state index contributed by atoms with van der Waals surface area (Å²) < 4.78 is 24.6. The Hall–Kier alpha value is -1.66. The summed E-state index contributed by atoms with van der Waals surface area (Å²) in [5.74, 6) is -2.41. The highest BCUT2D eigenvalue weighted by Gasteiger charge is 2.11. The van der Waals surface area contributed by atoms with Gasteiger partial charge in [-0.1, -0.05) is 48.5 Å². The normalized spacial score (nSPS) is 12.0. The van der Waals surface area contributed by atoms with Gasteiger partial charge in [0.25, 0.3) is 5.76 Å². The molecule has 24 heavy (non-hydrogen) atoms. The Kier molecular flexibility index (Phi) is 6.99. The molecule has 0 bridgehead atoms. The molecule has 1 atom stereocenters. The van der Waals surface area contributed by atoms with Gasteiger partial charge in [-0.05, 0) is 55.4 Å². The summed E-state index contributed by atoms with van der Waals surface area (Å²) in [4.78, 5) is 0.528. The topological polar surface area (TPSA) is 24.1 Å². The van der Waals surface area contributed by atoms with Crippen molar-refractivity contribution in [3.63, 3.8) is 0 Å². The molecule has 0 unspecified atom stereocenters. The van der Waals surface area contributed by atoms with Gasteiger partial charge in [-0.25, -0.2) is 0 Å². The van der Waals surface area contributed by atoms with E-state index in [1.165, 1.54) is 11.1 Å². The fraction of sp³-hybridized carbons (Fsp3) is 0.278. The van der Waals surface area contributed by atoms with E-state index in [0.717, 1.165) is 12.1 Å². The molecule has 0 radical (unpaired) electrons. The van der Waals surface area contributed by atoms with Gasteiger partial charge >= 0.3 is 0 Å². The number of aryl methyl sites for hydroxylation is 1. The van der Waals surface area contributed by atoms with E-state index in [2.05, 4.69) is 48.7 Å². The van der Waals surface area contributed by atoms with Crippen molar-refractivity contribution in [3.8, 4) is 0 Å². The number of hydrogen-bond acceptors (Lipinski definition) is 2. The van der Waals surface area contributed by atoms with Crippen LogP contribution >= 0.6 is 24.0 Å². The highest BCUT2D eigenvalue weighted by Crippen LogP contribution is 2.26. The molecule has 0 aliphatic carbocycles. The van der Waals surface area contributed by atoms with Crippen LogP contribution in [0, 0.1) is 6.92 Å². The van der Waals surface area contributed by atoms with E-state index in [1.54, 1.807) is 24.3 Å². The van der Waals surface area contributed by atoms with E-state index < -0.39 is 5.76 Å². The van der Waals surface area contributed by atoms with Gasteiger partial charge < -0.3 is 10.6 Å². The SMILES string of the molecule is CC[C@H](NC(=S)Nc1ccc(SC(F)F)cc1)c1ccc(C)cc1. The van der Waals surface area contributed by atoms with Crippen LogP contribution < -0.4 is 10.6 Å². The summed E-state index contributed by atoms with van der Waals surface area (Å²) >= 11 is 5.89. The fourth-order valence-electron chi connectivity index (χ4n) is 2.26. The van der Waals surface area contributed by atoms with E-state index >= 15 is 0 Å². The molecule has 2 aromatic rings. The Morgan fingerprint density at radius 3 is 2.25 bits per heavy atom. The molecule has 2 rings (SSSR count). The molecule has 2 aromatic carbocycles. The maximum Gasteiger partial charge on any atom is 0.288 e. The summed E-state index contributed by atoms with van der Waals surface area (Å²) in [6, 6.07) is 15.3. The van der Waals surface area contributed by atoms with Gasteiger partial charge in [0, 0.05) is 10.6 Å². The lowest BCUT2D eigenvalue weighted by atomic mass is 10.0. The molecule has 0 aliphatic rings. The predicted molar refractivity (Wildman–Crippen MR) is 102 cm³/mol. The average Bonchev–Trinajstić information content (AvgIpc) is 2.55. The first kappa shape index (κ1) is 18.7. The first-order valence-corrected chi connectivity index (χ1v) is 8.95. The minimum Gasteiger partial charge on any atom is -0.356 e. The number of alkyl halides is 2. The Morgan fingerprint density at radius 2 is 1.71 bits per heavy atom. The maximum atomic E-state index is 12.3. The molecule has 6 heteroatoms. The number of thioether (sulfide) groups is 1. The van der Waals surface area contributed by atoms with Crippen LogP contribution in [-0.2, 0) is 0 Å². The largest absolute Gasteiger partial charge is 0.356 e. The van der Waals surface area contributed by atoms with Crippen LogP contribution in [-0.4, -0.2) is 10.9 Å². The van der Waals surface area contributed by atoms with Crippen molar-refractivity contribution >= 4 is 34.8 Å². The number of halogens is 2. The number of nitrogens with one attached hydrogen (secondary N) is 2. The van der Waals surface area contributed by atoms with Crippen molar-refractivity contribution in [1.29, 1.82) is 0 Å². The van der Waals surface area contributed by atoms with Gasteiger partial charge in [0.1, 0.15) is 0 Å². The molecular formula is C18H20F2N2S2. The number of thiocarbonyl (C=S) groups is 1. The molecule has 0 fully saturated rings. The molecule has 0 saturated carbocycles. The lowest BCUT2D eigenvalue weighted by molar-refractivity contribution is 0.252. The van der Waals surface area contributed by atoms with E-state index in [0.29, 0.717) is 21.8 Å². The number of benzene rings is 2. The van der Waals surface area contributed by atoms with Crippen molar-refractivity contribution in [2.75, 3.05) is 5.32 Å². The molecule has 0 spiro atoms. The van der Waals surface area contributed by atoms with Crippen molar-refractivity contribution in [3.05, 3.63) is 59.7 Å². The smallest absolute Gasteiger partial charge is 0.288 e. The number of rotatable bonds is 6. The second-order valence-corrected chi connectivity index (χ2v) is 6.84. The number of hydrogen-bond donors (Lipinski definition) is 2. The highest BCUT2D eigenvalue weighted by atomic mass is 32.2. The Balaban J connectivity index is 1.94. The first-order valence-electron chi connectivity index (χ1n) is 7.67. The maximum absolute atomic E-state index is 12.3. The third-order valence-electron chi connectivity index (χ3n) is 3.53. The second-order valence-electron chi connectivity index (χ2n) is 5.37. The van der Waals surface area contributed by atoms with Gasteiger partial charge in [0.2, 0.25) is 0 Å². The zero-order chi connectivity index (χ0) is 17.5. The van der Waals surface area contributed by atoms with Gasteiger partial charge in [0.15, 0.2) is 5.11 Å². The van der Waals surface area contributed by atoms with Crippen molar-refractivity contribution in [2.24, 2.45) is 0 Å². The molecule has 0 heterocycles. The minimum atomic E-state index is -2.41. The second kappa shape index (κ2) is 8.99. The van der Waals surface area contributed by atoms with Crippen LogP contribution in [0.3, 0.4) is 0 Å². The number of anilines is 1. The summed E-state index contributed by atoms with van der Waals surface area (Å²) in [5.41, 5.74) is 3.16. The summed E-state index contributed by atoms with van der Waals surface area (Å²) in [7, 11) is 0. The van der Waals surface area contributed by atoms with Crippen molar-refractivity contribution in [2.45, 2.75) is 37.0 Å². The summed E-state index contributed by atoms with van der Waals surface area (Å²) in [6.45, 7) is 4.15. The molecule has 0 aromatic heterocycles. The van der Waals surface area contributed by atoms with Crippen LogP contribution in [0.4, 0.5) is 14.5 Å². The third-order valence-corrected chi connectivity index (χ3v) is 4.47. The van der Waals surface area contributed by atoms with Crippen LogP contribution in [0.15, 0.2) is 53.4 Å². The van der Waals surface area contributed by atoms with E-state index in [-0.39, 0.29) is 6.04 Å². The zero-order valence-electron chi connectivity index (χ0n) is 13.6. The Bertz CT molecular complexity index is 658. The van der Waals surface area contributed by atoms with E-state index in [9.17, 15) is 8.78 Å².